The SMILES string of the molecule is CCOCCN(CCOCC)CC(C)(N)N(CCOCC)CCOCC. The molecule has 1 atom stereocenters. The molecule has 7 nitrogen and oxygen atoms in total. The summed E-state index contributed by atoms with van der Waals surface area (Å²) in [5.41, 5.74) is 6.25. The van der Waals surface area contributed by atoms with Crippen molar-refractivity contribution in [1.29, 1.82) is 0 Å². The second-order valence-corrected chi connectivity index (χ2v) is 6.41. The molecular formula is C19H43N3O4. The normalized spacial score (nSPS) is 14.3. The Kier molecular flexibility index (Phi) is 16.7. The Balaban J connectivity index is 4.77. The molecule has 0 aromatic heterocycles. The van der Waals surface area contributed by atoms with E-state index in [9.17, 15) is 0 Å². The fraction of sp³-hybridized carbons (Fsp3) is 1.00. The van der Waals surface area contributed by atoms with Crippen LogP contribution in [0.25, 0.3) is 0 Å². The van der Waals surface area contributed by atoms with E-state index in [1.54, 1.807) is 0 Å². The third-order valence-electron chi connectivity index (χ3n) is 4.20. The molecule has 0 aliphatic rings. The van der Waals surface area contributed by atoms with Crippen molar-refractivity contribution in [1.82, 2.24) is 9.80 Å². The first-order valence-corrected chi connectivity index (χ1v) is 10.1. The molecule has 1 unspecified atom stereocenters. The quantitative estimate of drug-likeness (QED) is 0.270. The molecule has 0 amide bonds. The Morgan fingerprint density at radius 2 is 1.00 bits per heavy atom. The Hall–Kier alpha value is -0.280. The highest BCUT2D eigenvalue weighted by molar-refractivity contribution is 4.84. The molecule has 0 bridgehead atoms. The van der Waals surface area contributed by atoms with Gasteiger partial charge in [-0.25, -0.2) is 0 Å². The number of ether oxygens (including phenoxy) is 4. The van der Waals surface area contributed by atoms with Gasteiger partial charge in [-0.1, -0.05) is 0 Å². The molecule has 2 N–H and O–H groups in total. The largest absolute Gasteiger partial charge is 0.380 e. The molecule has 0 aliphatic heterocycles. The maximum Gasteiger partial charge on any atom is 0.0790 e. The van der Waals surface area contributed by atoms with Crippen LogP contribution < -0.4 is 5.73 Å². The molecule has 158 valence electrons. The van der Waals surface area contributed by atoms with E-state index in [1.165, 1.54) is 0 Å². The Morgan fingerprint density at radius 1 is 0.654 bits per heavy atom. The summed E-state index contributed by atoms with van der Waals surface area (Å²) in [4.78, 5) is 4.58. The summed E-state index contributed by atoms with van der Waals surface area (Å²) < 4.78 is 22.1. The zero-order valence-corrected chi connectivity index (χ0v) is 17.8. The topological polar surface area (TPSA) is 69.4 Å². The number of nitrogens with two attached hydrogens (primary N) is 1. The van der Waals surface area contributed by atoms with Gasteiger partial charge in [-0.2, -0.15) is 0 Å². The van der Waals surface area contributed by atoms with Gasteiger partial charge in [0.05, 0.1) is 32.1 Å². The zero-order chi connectivity index (χ0) is 19.7. The zero-order valence-electron chi connectivity index (χ0n) is 17.8. The summed E-state index contributed by atoms with van der Waals surface area (Å²) in [7, 11) is 0. The van der Waals surface area contributed by atoms with Gasteiger partial charge in [0.25, 0.3) is 0 Å². The average molecular weight is 378 g/mol. The predicted octanol–water partition coefficient (Wildman–Crippen LogP) is 1.41. The highest BCUT2D eigenvalue weighted by Gasteiger charge is 2.29. The van der Waals surface area contributed by atoms with Gasteiger partial charge in [-0.15, -0.1) is 0 Å². The van der Waals surface area contributed by atoms with Crippen molar-refractivity contribution < 1.29 is 18.9 Å². The second-order valence-electron chi connectivity index (χ2n) is 6.41. The Labute approximate surface area is 161 Å². The highest BCUT2D eigenvalue weighted by Crippen LogP contribution is 2.11. The van der Waals surface area contributed by atoms with Gasteiger partial charge in [-0.3, -0.25) is 9.80 Å². The summed E-state index contributed by atoms with van der Waals surface area (Å²) >= 11 is 0. The minimum Gasteiger partial charge on any atom is -0.380 e. The first-order chi connectivity index (χ1) is 12.5. The number of rotatable bonds is 19. The van der Waals surface area contributed by atoms with E-state index in [0.29, 0.717) is 26.4 Å². The van der Waals surface area contributed by atoms with E-state index in [0.717, 1.165) is 59.2 Å². The van der Waals surface area contributed by atoms with Crippen LogP contribution in [0.15, 0.2) is 0 Å². The Morgan fingerprint density at radius 3 is 1.35 bits per heavy atom. The standard InChI is InChI=1S/C19H43N3O4/c1-6-23-14-10-21(11-15-24-7-2)18-19(5,20)22(12-16-25-8-3)13-17-26-9-4/h6-18,20H2,1-5H3. The summed E-state index contributed by atoms with van der Waals surface area (Å²) in [5, 5.41) is 0. The molecule has 0 rings (SSSR count). The molecule has 26 heavy (non-hydrogen) atoms. The molecule has 0 radical (unpaired) electrons. The number of nitrogens with zero attached hydrogens (tertiary/aromatic N) is 2. The summed E-state index contributed by atoms with van der Waals surface area (Å²) in [6.45, 7) is 19.8. The molecule has 0 aromatic rings. The van der Waals surface area contributed by atoms with Crippen molar-refractivity contribution >= 4 is 0 Å². The summed E-state index contributed by atoms with van der Waals surface area (Å²) in [5.74, 6) is 0. The lowest BCUT2D eigenvalue weighted by atomic mass is 10.1. The molecule has 0 fully saturated rings. The van der Waals surface area contributed by atoms with Crippen molar-refractivity contribution in [3.63, 3.8) is 0 Å². The smallest absolute Gasteiger partial charge is 0.0790 e. The third kappa shape index (κ3) is 13.0. The molecule has 0 aromatic carbocycles. The van der Waals surface area contributed by atoms with Gasteiger partial charge in [0.1, 0.15) is 0 Å². The predicted molar refractivity (Wildman–Crippen MR) is 107 cm³/mol. The van der Waals surface area contributed by atoms with Crippen LogP contribution in [0.4, 0.5) is 0 Å². The molecule has 0 heterocycles. The fourth-order valence-corrected chi connectivity index (χ4v) is 2.76. The van der Waals surface area contributed by atoms with Gasteiger partial charge in [0.15, 0.2) is 0 Å². The van der Waals surface area contributed by atoms with Crippen LogP contribution in [0.2, 0.25) is 0 Å². The third-order valence-corrected chi connectivity index (χ3v) is 4.20. The highest BCUT2D eigenvalue weighted by atomic mass is 16.5. The molecule has 0 spiro atoms. The van der Waals surface area contributed by atoms with E-state index >= 15 is 0 Å². The number of hydrogen-bond donors (Lipinski definition) is 1. The van der Waals surface area contributed by atoms with E-state index < -0.39 is 5.66 Å². The molecule has 0 aliphatic carbocycles. The van der Waals surface area contributed by atoms with Gasteiger partial charge >= 0.3 is 0 Å². The molecule has 0 saturated heterocycles. The number of hydrogen-bond acceptors (Lipinski definition) is 7. The summed E-state index contributed by atoms with van der Waals surface area (Å²) in [6.07, 6.45) is 0. The maximum absolute atomic E-state index is 6.73. The van der Waals surface area contributed by atoms with Crippen LogP contribution in [-0.2, 0) is 18.9 Å². The summed E-state index contributed by atoms with van der Waals surface area (Å²) in [6, 6.07) is 0. The molecule has 7 heteroatoms. The average Bonchev–Trinajstić information content (AvgIpc) is 2.60. The van der Waals surface area contributed by atoms with Crippen molar-refractivity contribution in [2.75, 3.05) is 85.6 Å². The van der Waals surface area contributed by atoms with Crippen LogP contribution in [-0.4, -0.2) is 101 Å². The van der Waals surface area contributed by atoms with Gasteiger partial charge in [-0.05, 0) is 34.6 Å². The fourth-order valence-electron chi connectivity index (χ4n) is 2.76. The first kappa shape index (κ1) is 25.7. The van der Waals surface area contributed by atoms with Gasteiger partial charge in [0.2, 0.25) is 0 Å². The van der Waals surface area contributed by atoms with E-state index in [-0.39, 0.29) is 0 Å². The van der Waals surface area contributed by atoms with Gasteiger partial charge in [0, 0.05) is 59.2 Å². The minimum absolute atomic E-state index is 0.480. The van der Waals surface area contributed by atoms with Crippen LogP contribution in [0.1, 0.15) is 34.6 Å². The van der Waals surface area contributed by atoms with E-state index in [4.69, 9.17) is 24.7 Å². The second kappa shape index (κ2) is 16.9. The van der Waals surface area contributed by atoms with Crippen LogP contribution >= 0.6 is 0 Å². The van der Waals surface area contributed by atoms with Crippen LogP contribution in [0.3, 0.4) is 0 Å². The first-order valence-electron chi connectivity index (χ1n) is 10.1. The molecule has 0 saturated carbocycles. The lowest BCUT2D eigenvalue weighted by Crippen LogP contribution is -2.62. The van der Waals surface area contributed by atoms with E-state index in [2.05, 4.69) is 16.7 Å². The van der Waals surface area contributed by atoms with Gasteiger partial charge < -0.3 is 24.7 Å². The van der Waals surface area contributed by atoms with Crippen molar-refractivity contribution in [2.45, 2.75) is 40.3 Å². The lowest BCUT2D eigenvalue weighted by Gasteiger charge is -2.41. The van der Waals surface area contributed by atoms with Crippen molar-refractivity contribution in [3.05, 3.63) is 0 Å². The van der Waals surface area contributed by atoms with Crippen molar-refractivity contribution in [2.24, 2.45) is 5.73 Å². The molecular weight excluding hydrogens is 334 g/mol. The van der Waals surface area contributed by atoms with Crippen LogP contribution in [0.5, 0.6) is 0 Å². The maximum atomic E-state index is 6.73. The minimum atomic E-state index is -0.480. The Bertz CT molecular complexity index is 287. The van der Waals surface area contributed by atoms with Crippen molar-refractivity contribution in [3.8, 4) is 0 Å². The monoisotopic (exact) mass is 377 g/mol. The van der Waals surface area contributed by atoms with Crippen LogP contribution in [0, 0.1) is 0 Å². The lowest BCUT2D eigenvalue weighted by molar-refractivity contribution is 0.000913. The van der Waals surface area contributed by atoms with E-state index in [1.807, 2.05) is 27.7 Å².